The van der Waals surface area contributed by atoms with Gasteiger partial charge in [-0.2, -0.15) is 0 Å². The highest BCUT2D eigenvalue weighted by atomic mass is 16.4. The zero-order valence-corrected chi connectivity index (χ0v) is 31.8. The van der Waals surface area contributed by atoms with Gasteiger partial charge in [0.15, 0.2) is 0 Å². The first kappa shape index (κ1) is 46.8. The molecule has 0 bridgehead atoms. The van der Waals surface area contributed by atoms with Gasteiger partial charge in [0.1, 0.15) is 36.0 Å². The Hall–Kier alpha value is -5.26. The van der Waals surface area contributed by atoms with Gasteiger partial charge < -0.3 is 54.0 Å². The smallest absolute Gasteiger partial charge is 0.326 e. The maximum atomic E-state index is 13.9. The molecule has 0 aliphatic rings. The Labute approximate surface area is 315 Å². The van der Waals surface area contributed by atoms with Gasteiger partial charge in [-0.15, -0.1) is 0 Å². The molecule has 1 rings (SSSR count). The van der Waals surface area contributed by atoms with Crippen LogP contribution in [0.5, 0.6) is 5.75 Å². The number of hydrogen-bond donors (Lipinski definition) is 10. The third-order valence-electron chi connectivity index (χ3n) is 8.54. The molecule has 0 aliphatic carbocycles. The number of hydrogen-bond acceptors (Lipinski definition) is 10. The highest BCUT2D eigenvalue weighted by Gasteiger charge is 2.35. The van der Waals surface area contributed by atoms with Crippen LogP contribution in [-0.4, -0.2) is 93.8 Å². The van der Waals surface area contributed by atoms with Crippen LogP contribution in [0.1, 0.15) is 85.6 Å². The van der Waals surface area contributed by atoms with Gasteiger partial charge in [-0.25, -0.2) is 4.79 Å². The van der Waals surface area contributed by atoms with Gasteiger partial charge >= 0.3 is 5.97 Å². The Bertz CT molecular complexity index is 1470. The SMILES string of the molecule is CC[C@H](C)[C@H](NC(=O)[C@H](Cc1ccc(O)cc1)NC(=O)[C@@H](N)CC(C)C)C(=O)N[C@@H](CCC(N)=O)C(=O)N[C@@H](CC(N)=O)C(=O)N[C@@H](CC(C)C)C(=O)O. The number of aromatic hydroxyl groups is 1. The molecule has 0 heterocycles. The molecular formula is C36H58N8O10. The standard InChI is InChI=1S/C36H58N8O10/c1-7-20(6)30(44-34(51)25(16-21-8-10-22(45)11-9-21)41-31(48)23(37)14-18(2)3)35(52)40-24(12-13-28(38)46)32(49)42-26(17-29(39)47)33(50)43-27(36(53)54)15-19(4)5/h8-11,18-20,23-27,30,45H,7,12-17,37H2,1-6H3,(H2,38,46)(H2,39,47)(H,40,52)(H,41,48)(H,42,49)(H,43,50)(H,44,51)(H,53,54)/t20-,23-,24-,25-,26-,27-,30-/m0/s1. The minimum Gasteiger partial charge on any atom is -0.508 e. The van der Waals surface area contributed by atoms with E-state index in [4.69, 9.17) is 17.2 Å². The molecule has 0 saturated heterocycles. The lowest BCUT2D eigenvalue weighted by Gasteiger charge is -2.29. The van der Waals surface area contributed by atoms with E-state index in [1.807, 2.05) is 13.8 Å². The van der Waals surface area contributed by atoms with Crippen LogP contribution >= 0.6 is 0 Å². The second-order valence-electron chi connectivity index (χ2n) is 14.4. The molecule has 0 fully saturated rings. The first-order valence-electron chi connectivity index (χ1n) is 18.0. The van der Waals surface area contributed by atoms with E-state index >= 15 is 0 Å². The molecule has 0 spiro atoms. The topological polar surface area (TPSA) is 315 Å². The van der Waals surface area contributed by atoms with Crippen molar-refractivity contribution in [3.05, 3.63) is 29.8 Å². The molecule has 1 aromatic carbocycles. The number of benzene rings is 1. The van der Waals surface area contributed by atoms with Gasteiger partial charge in [-0.1, -0.05) is 60.1 Å². The number of carboxylic acid groups (broad SMARTS) is 1. The van der Waals surface area contributed by atoms with Crippen LogP contribution < -0.4 is 43.8 Å². The predicted octanol–water partition coefficient (Wildman–Crippen LogP) is -0.950. The van der Waals surface area contributed by atoms with Crippen LogP contribution in [0, 0.1) is 17.8 Å². The minimum atomic E-state index is -1.65. The van der Waals surface area contributed by atoms with E-state index in [1.165, 1.54) is 12.1 Å². The summed E-state index contributed by atoms with van der Waals surface area (Å²) in [6, 6.07) is -1.99. The lowest BCUT2D eigenvalue weighted by atomic mass is 9.96. The van der Waals surface area contributed by atoms with Crippen LogP contribution in [0.4, 0.5) is 0 Å². The Balaban J connectivity index is 3.39. The third-order valence-corrected chi connectivity index (χ3v) is 8.54. The number of nitrogens with two attached hydrogens (primary N) is 3. The number of primary amides is 2. The van der Waals surface area contributed by atoms with Crippen LogP contribution in [0.3, 0.4) is 0 Å². The number of carbonyl (C=O) groups is 8. The summed E-state index contributed by atoms with van der Waals surface area (Å²) < 4.78 is 0. The molecule has 18 heteroatoms. The highest BCUT2D eigenvalue weighted by Crippen LogP contribution is 2.15. The molecule has 18 nitrogen and oxygen atoms in total. The average Bonchev–Trinajstić information content (AvgIpc) is 3.07. The summed E-state index contributed by atoms with van der Waals surface area (Å²) in [6.07, 6.45) is -0.743. The van der Waals surface area contributed by atoms with Gasteiger partial charge in [0.05, 0.1) is 12.5 Å². The fraction of sp³-hybridized carbons (Fsp3) is 0.611. The van der Waals surface area contributed by atoms with Gasteiger partial charge in [-0.05, 0) is 54.7 Å². The second kappa shape index (κ2) is 22.7. The lowest BCUT2D eigenvalue weighted by molar-refractivity contribution is -0.143. The minimum absolute atomic E-state index is 0.0108. The summed E-state index contributed by atoms with van der Waals surface area (Å²) in [5, 5.41) is 31.7. The quantitative estimate of drug-likeness (QED) is 0.0612. The van der Waals surface area contributed by atoms with Gasteiger partial charge in [0, 0.05) is 12.8 Å². The van der Waals surface area contributed by atoms with Crippen molar-refractivity contribution < 1.29 is 48.6 Å². The fourth-order valence-electron chi connectivity index (χ4n) is 5.39. The Kier molecular flexibility index (Phi) is 19.7. The van der Waals surface area contributed by atoms with Gasteiger partial charge in [0.2, 0.25) is 41.4 Å². The molecule has 0 aliphatic heterocycles. The van der Waals surface area contributed by atoms with E-state index < -0.39 is 102 Å². The van der Waals surface area contributed by atoms with E-state index in [0.29, 0.717) is 18.4 Å². The lowest BCUT2D eigenvalue weighted by Crippen LogP contribution is -2.61. The summed E-state index contributed by atoms with van der Waals surface area (Å²) in [4.78, 5) is 103. The third kappa shape index (κ3) is 17.0. The van der Waals surface area contributed by atoms with E-state index in [-0.39, 0.29) is 36.8 Å². The number of nitrogens with one attached hydrogen (secondary N) is 5. The fourth-order valence-corrected chi connectivity index (χ4v) is 5.39. The number of amides is 7. The van der Waals surface area contributed by atoms with Crippen molar-refractivity contribution in [2.75, 3.05) is 0 Å². The maximum absolute atomic E-state index is 13.9. The molecule has 13 N–H and O–H groups in total. The van der Waals surface area contributed by atoms with E-state index in [0.717, 1.165) is 0 Å². The number of phenolic OH excluding ortho intramolecular Hbond substituents is 1. The monoisotopic (exact) mass is 762 g/mol. The number of carbonyl (C=O) groups excluding carboxylic acids is 7. The molecule has 0 radical (unpaired) electrons. The van der Waals surface area contributed by atoms with E-state index in [2.05, 4.69) is 26.6 Å². The Morgan fingerprint density at radius 2 is 1.15 bits per heavy atom. The second-order valence-corrected chi connectivity index (χ2v) is 14.4. The number of phenols is 1. The molecule has 1 aromatic rings. The molecular weight excluding hydrogens is 704 g/mol. The summed E-state index contributed by atoms with van der Waals surface area (Å²) in [5.41, 5.74) is 17.3. The first-order chi connectivity index (χ1) is 25.1. The largest absolute Gasteiger partial charge is 0.508 e. The summed E-state index contributed by atoms with van der Waals surface area (Å²) in [5.74, 6) is -7.99. The number of rotatable bonds is 24. The van der Waals surface area contributed by atoms with E-state index in [9.17, 15) is 48.6 Å². The van der Waals surface area contributed by atoms with Crippen molar-refractivity contribution in [1.29, 1.82) is 0 Å². The van der Waals surface area contributed by atoms with E-state index in [1.54, 1.807) is 39.8 Å². The summed E-state index contributed by atoms with van der Waals surface area (Å²) in [7, 11) is 0. The molecule has 54 heavy (non-hydrogen) atoms. The van der Waals surface area contributed by atoms with Crippen LogP contribution in [0.25, 0.3) is 0 Å². The summed E-state index contributed by atoms with van der Waals surface area (Å²) in [6.45, 7) is 10.7. The zero-order valence-electron chi connectivity index (χ0n) is 31.8. The molecule has 0 saturated carbocycles. The normalized spacial score (nSPS) is 15.1. The molecule has 0 unspecified atom stereocenters. The predicted molar refractivity (Wildman–Crippen MR) is 198 cm³/mol. The molecule has 302 valence electrons. The van der Waals surface area contributed by atoms with Crippen molar-refractivity contribution in [1.82, 2.24) is 26.6 Å². The van der Waals surface area contributed by atoms with Crippen LogP contribution in [-0.2, 0) is 44.8 Å². The van der Waals surface area contributed by atoms with Gasteiger partial charge in [0.25, 0.3) is 0 Å². The number of carboxylic acids is 1. The Morgan fingerprint density at radius 1 is 0.648 bits per heavy atom. The summed E-state index contributed by atoms with van der Waals surface area (Å²) >= 11 is 0. The highest BCUT2D eigenvalue weighted by molar-refractivity contribution is 5.97. The molecule has 7 atom stereocenters. The van der Waals surface area contributed by atoms with Crippen molar-refractivity contribution in [3.8, 4) is 5.75 Å². The maximum Gasteiger partial charge on any atom is 0.326 e. The Morgan fingerprint density at radius 3 is 1.65 bits per heavy atom. The number of aliphatic carboxylic acids is 1. The molecule has 0 aromatic heterocycles. The van der Waals surface area contributed by atoms with Crippen molar-refractivity contribution in [3.63, 3.8) is 0 Å². The van der Waals surface area contributed by atoms with Crippen LogP contribution in [0.15, 0.2) is 24.3 Å². The van der Waals surface area contributed by atoms with Crippen molar-refractivity contribution in [2.24, 2.45) is 35.0 Å². The van der Waals surface area contributed by atoms with Crippen molar-refractivity contribution >= 4 is 47.3 Å². The first-order valence-corrected chi connectivity index (χ1v) is 18.0. The van der Waals surface area contributed by atoms with Crippen LogP contribution in [0.2, 0.25) is 0 Å². The zero-order chi connectivity index (χ0) is 41.3. The van der Waals surface area contributed by atoms with Gasteiger partial charge in [-0.3, -0.25) is 33.6 Å². The molecule has 7 amide bonds. The average molecular weight is 763 g/mol. The van der Waals surface area contributed by atoms with Crippen molar-refractivity contribution in [2.45, 2.75) is 123 Å².